The van der Waals surface area contributed by atoms with Gasteiger partial charge in [0.25, 0.3) is 0 Å². The zero-order valence-corrected chi connectivity index (χ0v) is 11.2. The molecule has 2 rings (SSSR count). The van der Waals surface area contributed by atoms with Crippen LogP contribution < -0.4 is 15.4 Å². The molecular weight excluding hydrogens is 228 g/mol. The van der Waals surface area contributed by atoms with Crippen LogP contribution in [-0.4, -0.2) is 49.7 Å². The van der Waals surface area contributed by atoms with Crippen LogP contribution >= 0.6 is 0 Å². The Morgan fingerprint density at radius 2 is 2.00 bits per heavy atom. The molecule has 2 N–H and O–H groups in total. The highest BCUT2D eigenvalue weighted by Crippen LogP contribution is 2.24. The van der Waals surface area contributed by atoms with Crippen molar-refractivity contribution in [2.45, 2.75) is 13.3 Å². The molecule has 0 bridgehead atoms. The van der Waals surface area contributed by atoms with Crippen molar-refractivity contribution in [3.8, 4) is 5.88 Å². The summed E-state index contributed by atoms with van der Waals surface area (Å²) in [5.41, 5.74) is 6.72. The molecule has 18 heavy (non-hydrogen) atoms. The highest BCUT2D eigenvalue weighted by molar-refractivity contribution is 5.63. The Labute approximate surface area is 109 Å². The molecule has 0 spiro atoms. The number of pyridine rings is 1. The Morgan fingerprint density at radius 3 is 2.61 bits per heavy atom. The fourth-order valence-corrected chi connectivity index (χ4v) is 2.31. The van der Waals surface area contributed by atoms with Crippen molar-refractivity contribution in [2.24, 2.45) is 0 Å². The molecule has 5 heteroatoms. The van der Waals surface area contributed by atoms with Crippen molar-refractivity contribution in [1.29, 1.82) is 0 Å². The molecular formula is C13H22N4O. The van der Waals surface area contributed by atoms with Gasteiger partial charge in [-0.3, -0.25) is 4.90 Å². The lowest BCUT2D eigenvalue weighted by Gasteiger charge is -2.35. The molecule has 1 saturated heterocycles. The van der Waals surface area contributed by atoms with E-state index in [0.717, 1.165) is 37.7 Å². The normalized spacial score (nSPS) is 16.9. The predicted molar refractivity (Wildman–Crippen MR) is 74.1 cm³/mol. The number of aromatic nitrogens is 1. The highest BCUT2D eigenvalue weighted by atomic mass is 16.5. The van der Waals surface area contributed by atoms with Crippen molar-refractivity contribution in [3.05, 3.63) is 12.1 Å². The Balaban J connectivity index is 2.04. The lowest BCUT2D eigenvalue weighted by atomic mass is 10.2. The van der Waals surface area contributed by atoms with Crippen LogP contribution in [0.25, 0.3) is 0 Å². The smallest absolute Gasteiger partial charge is 0.215 e. The number of piperazine rings is 1. The lowest BCUT2D eigenvalue weighted by molar-refractivity contribution is 0.258. The largest absolute Gasteiger partial charge is 0.481 e. The van der Waals surface area contributed by atoms with E-state index in [9.17, 15) is 0 Å². The summed E-state index contributed by atoms with van der Waals surface area (Å²) in [6.45, 7) is 7.50. The number of ether oxygens (including phenoxy) is 1. The molecule has 1 aliphatic rings. The first-order valence-electron chi connectivity index (χ1n) is 6.52. The van der Waals surface area contributed by atoms with Crippen LogP contribution in [0, 0.1) is 0 Å². The standard InChI is InChI=1S/C13H22N4O/c1-3-6-16-7-9-17(10-8-16)13-11(14)4-5-12(15-13)18-2/h4-5H,3,6-10,14H2,1-2H3. The van der Waals surface area contributed by atoms with Crippen molar-refractivity contribution >= 4 is 11.5 Å². The number of hydrogen-bond acceptors (Lipinski definition) is 5. The molecule has 1 aromatic rings. The summed E-state index contributed by atoms with van der Waals surface area (Å²) in [5.74, 6) is 1.47. The number of hydrogen-bond donors (Lipinski definition) is 1. The van der Waals surface area contributed by atoms with E-state index in [1.54, 1.807) is 13.2 Å². The Bertz CT molecular complexity index is 389. The van der Waals surface area contributed by atoms with Crippen LogP contribution in [0.15, 0.2) is 12.1 Å². The second-order valence-corrected chi connectivity index (χ2v) is 4.60. The zero-order chi connectivity index (χ0) is 13.0. The number of nitrogens with zero attached hydrogens (tertiary/aromatic N) is 3. The zero-order valence-electron chi connectivity index (χ0n) is 11.2. The van der Waals surface area contributed by atoms with E-state index >= 15 is 0 Å². The van der Waals surface area contributed by atoms with Crippen LogP contribution in [0.3, 0.4) is 0 Å². The van der Waals surface area contributed by atoms with E-state index in [-0.39, 0.29) is 0 Å². The summed E-state index contributed by atoms with van der Waals surface area (Å²) in [7, 11) is 1.63. The predicted octanol–water partition coefficient (Wildman–Crippen LogP) is 1.20. The highest BCUT2D eigenvalue weighted by Gasteiger charge is 2.19. The van der Waals surface area contributed by atoms with Gasteiger partial charge in [0.2, 0.25) is 5.88 Å². The molecule has 2 heterocycles. The Hall–Kier alpha value is -1.49. The third-order valence-corrected chi connectivity index (χ3v) is 3.30. The molecule has 0 amide bonds. The quantitative estimate of drug-likeness (QED) is 0.870. The number of rotatable bonds is 4. The number of anilines is 2. The number of nitrogens with two attached hydrogens (primary N) is 1. The van der Waals surface area contributed by atoms with Gasteiger partial charge in [0, 0.05) is 32.2 Å². The number of methoxy groups -OCH3 is 1. The average molecular weight is 250 g/mol. The van der Waals surface area contributed by atoms with E-state index in [4.69, 9.17) is 10.5 Å². The van der Waals surface area contributed by atoms with Gasteiger partial charge in [-0.1, -0.05) is 6.92 Å². The van der Waals surface area contributed by atoms with Crippen molar-refractivity contribution in [3.63, 3.8) is 0 Å². The first-order chi connectivity index (χ1) is 8.74. The molecule has 1 fully saturated rings. The third kappa shape index (κ3) is 2.85. The van der Waals surface area contributed by atoms with Gasteiger partial charge in [0.05, 0.1) is 12.8 Å². The van der Waals surface area contributed by atoms with Gasteiger partial charge in [0.15, 0.2) is 5.82 Å². The van der Waals surface area contributed by atoms with E-state index < -0.39 is 0 Å². The average Bonchev–Trinajstić information content (AvgIpc) is 2.41. The first-order valence-corrected chi connectivity index (χ1v) is 6.52. The minimum atomic E-state index is 0.621. The van der Waals surface area contributed by atoms with Crippen LogP contribution in [0.2, 0.25) is 0 Å². The molecule has 0 aromatic carbocycles. The van der Waals surface area contributed by atoms with Gasteiger partial charge in [-0.05, 0) is 19.0 Å². The third-order valence-electron chi connectivity index (χ3n) is 3.30. The molecule has 5 nitrogen and oxygen atoms in total. The van der Waals surface area contributed by atoms with Crippen molar-refractivity contribution in [2.75, 3.05) is 50.5 Å². The van der Waals surface area contributed by atoms with Crippen molar-refractivity contribution < 1.29 is 4.74 Å². The molecule has 1 aliphatic heterocycles. The molecule has 0 unspecified atom stereocenters. The lowest BCUT2D eigenvalue weighted by Crippen LogP contribution is -2.47. The fourth-order valence-electron chi connectivity index (χ4n) is 2.31. The van der Waals surface area contributed by atoms with Gasteiger partial charge in [-0.15, -0.1) is 0 Å². The monoisotopic (exact) mass is 250 g/mol. The minimum absolute atomic E-state index is 0.621. The van der Waals surface area contributed by atoms with Gasteiger partial charge in [-0.2, -0.15) is 4.98 Å². The van der Waals surface area contributed by atoms with E-state index in [0.29, 0.717) is 5.88 Å². The van der Waals surface area contributed by atoms with E-state index in [2.05, 4.69) is 21.7 Å². The van der Waals surface area contributed by atoms with E-state index in [1.165, 1.54) is 13.0 Å². The Morgan fingerprint density at radius 1 is 1.28 bits per heavy atom. The van der Waals surface area contributed by atoms with Crippen LogP contribution in [-0.2, 0) is 0 Å². The summed E-state index contributed by atoms with van der Waals surface area (Å²) < 4.78 is 5.16. The van der Waals surface area contributed by atoms with Crippen molar-refractivity contribution in [1.82, 2.24) is 9.88 Å². The second kappa shape index (κ2) is 5.91. The van der Waals surface area contributed by atoms with Crippen LogP contribution in [0.1, 0.15) is 13.3 Å². The SMILES string of the molecule is CCCN1CCN(c2nc(OC)ccc2N)CC1. The summed E-state index contributed by atoms with van der Waals surface area (Å²) in [4.78, 5) is 9.16. The topological polar surface area (TPSA) is 54.6 Å². The van der Waals surface area contributed by atoms with Gasteiger partial charge in [-0.25, -0.2) is 0 Å². The van der Waals surface area contributed by atoms with Gasteiger partial charge < -0.3 is 15.4 Å². The second-order valence-electron chi connectivity index (χ2n) is 4.60. The van der Waals surface area contributed by atoms with E-state index in [1.807, 2.05) is 6.07 Å². The first kappa shape index (κ1) is 13.0. The molecule has 100 valence electrons. The fraction of sp³-hybridized carbons (Fsp3) is 0.615. The molecule has 0 saturated carbocycles. The van der Waals surface area contributed by atoms with Gasteiger partial charge in [0.1, 0.15) is 0 Å². The van der Waals surface area contributed by atoms with Crippen LogP contribution in [0.5, 0.6) is 5.88 Å². The minimum Gasteiger partial charge on any atom is -0.481 e. The molecule has 0 radical (unpaired) electrons. The summed E-state index contributed by atoms with van der Waals surface area (Å²) in [6.07, 6.45) is 1.21. The summed E-state index contributed by atoms with van der Waals surface area (Å²) in [6, 6.07) is 3.66. The molecule has 1 aromatic heterocycles. The summed E-state index contributed by atoms with van der Waals surface area (Å²) in [5, 5.41) is 0. The maximum atomic E-state index is 5.99. The Kier molecular flexibility index (Phi) is 4.25. The maximum absolute atomic E-state index is 5.99. The van der Waals surface area contributed by atoms with Gasteiger partial charge >= 0.3 is 0 Å². The number of nitrogen functional groups attached to an aromatic ring is 1. The van der Waals surface area contributed by atoms with Crippen LogP contribution in [0.4, 0.5) is 11.5 Å². The molecule has 0 aliphatic carbocycles. The molecule has 0 atom stereocenters. The summed E-state index contributed by atoms with van der Waals surface area (Å²) >= 11 is 0. The maximum Gasteiger partial charge on any atom is 0.215 e.